The van der Waals surface area contributed by atoms with Crippen molar-refractivity contribution in [2.75, 3.05) is 44.4 Å². The van der Waals surface area contributed by atoms with E-state index in [1.807, 2.05) is 24.3 Å². The van der Waals surface area contributed by atoms with E-state index in [1.54, 1.807) is 17.0 Å². The summed E-state index contributed by atoms with van der Waals surface area (Å²) in [5.74, 6) is 0.402. The fraction of sp³-hybridized carbons (Fsp3) is 0.316. The molecule has 8 heteroatoms. The lowest BCUT2D eigenvalue weighted by molar-refractivity contribution is 0.0730. The maximum absolute atomic E-state index is 13.1. The van der Waals surface area contributed by atoms with Gasteiger partial charge in [-0.2, -0.15) is 4.31 Å². The van der Waals surface area contributed by atoms with E-state index in [0.29, 0.717) is 56.5 Å². The Labute approximate surface area is 158 Å². The van der Waals surface area contributed by atoms with Crippen LogP contribution < -0.4 is 9.64 Å². The number of sulfonamides is 1. The van der Waals surface area contributed by atoms with Crippen LogP contribution in [-0.2, 0) is 14.8 Å². The molecule has 4 rings (SSSR count). The molecule has 2 heterocycles. The predicted octanol–water partition coefficient (Wildman–Crippen LogP) is 1.75. The van der Waals surface area contributed by atoms with Crippen LogP contribution in [0.4, 0.5) is 5.69 Å². The van der Waals surface area contributed by atoms with Crippen molar-refractivity contribution >= 4 is 21.6 Å². The smallest absolute Gasteiger partial charge is 0.258 e. The van der Waals surface area contributed by atoms with Crippen LogP contribution in [0, 0.1) is 0 Å². The molecule has 1 amide bonds. The first-order valence-electron chi connectivity index (χ1n) is 8.79. The highest BCUT2D eigenvalue weighted by molar-refractivity contribution is 7.89. The molecule has 2 aliphatic rings. The summed E-state index contributed by atoms with van der Waals surface area (Å²) in [6, 6.07) is 13.5. The Morgan fingerprint density at radius 2 is 1.70 bits per heavy atom. The summed E-state index contributed by atoms with van der Waals surface area (Å²) in [4.78, 5) is 14.8. The van der Waals surface area contributed by atoms with E-state index in [2.05, 4.69) is 0 Å². The molecule has 0 spiro atoms. The van der Waals surface area contributed by atoms with Crippen LogP contribution in [0.15, 0.2) is 53.4 Å². The molecule has 0 atom stereocenters. The summed E-state index contributed by atoms with van der Waals surface area (Å²) in [7, 11) is -3.65. The van der Waals surface area contributed by atoms with Crippen molar-refractivity contribution < 1.29 is 22.7 Å². The number of nitrogens with zero attached hydrogens (tertiary/aromatic N) is 2. The second-order valence-corrected chi connectivity index (χ2v) is 8.26. The van der Waals surface area contributed by atoms with E-state index in [9.17, 15) is 13.2 Å². The Morgan fingerprint density at radius 3 is 2.52 bits per heavy atom. The van der Waals surface area contributed by atoms with E-state index < -0.39 is 10.0 Å². The zero-order chi connectivity index (χ0) is 18.9. The van der Waals surface area contributed by atoms with E-state index in [0.717, 1.165) is 0 Å². The molecule has 0 radical (unpaired) electrons. The summed E-state index contributed by atoms with van der Waals surface area (Å²) in [5, 5.41) is 0. The molecule has 7 nitrogen and oxygen atoms in total. The largest absolute Gasteiger partial charge is 0.490 e. The third-order valence-corrected chi connectivity index (χ3v) is 6.56. The zero-order valence-electron chi connectivity index (χ0n) is 14.7. The van der Waals surface area contributed by atoms with Crippen molar-refractivity contribution in [2.24, 2.45) is 0 Å². The summed E-state index contributed by atoms with van der Waals surface area (Å²) in [6.07, 6.45) is 0. The summed E-state index contributed by atoms with van der Waals surface area (Å²) in [5.41, 5.74) is 1.02. The highest BCUT2D eigenvalue weighted by atomic mass is 32.2. The predicted molar refractivity (Wildman–Crippen MR) is 99.6 cm³/mol. The van der Waals surface area contributed by atoms with Gasteiger partial charge in [0.1, 0.15) is 12.4 Å². The monoisotopic (exact) mass is 388 g/mol. The summed E-state index contributed by atoms with van der Waals surface area (Å²) >= 11 is 0. The van der Waals surface area contributed by atoms with E-state index >= 15 is 0 Å². The molecule has 0 aromatic heterocycles. The van der Waals surface area contributed by atoms with Gasteiger partial charge >= 0.3 is 0 Å². The van der Waals surface area contributed by atoms with Gasteiger partial charge in [0.2, 0.25) is 10.0 Å². The fourth-order valence-corrected chi connectivity index (χ4v) is 4.72. The SMILES string of the molecule is O=C(c1cccc(S(=O)(=O)N2CCOCC2)c1)N1CCOc2ccccc21. The molecule has 2 aliphatic heterocycles. The third-order valence-electron chi connectivity index (χ3n) is 4.66. The van der Waals surface area contributed by atoms with Crippen molar-refractivity contribution in [3.05, 3.63) is 54.1 Å². The minimum atomic E-state index is -3.65. The third kappa shape index (κ3) is 3.43. The lowest BCUT2D eigenvalue weighted by Gasteiger charge is -2.30. The van der Waals surface area contributed by atoms with Crippen molar-refractivity contribution in [3.63, 3.8) is 0 Å². The molecule has 0 N–H and O–H groups in total. The first-order valence-corrected chi connectivity index (χ1v) is 10.2. The van der Waals surface area contributed by atoms with Gasteiger partial charge in [-0.25, -0.2) is 8.42 Å². The molecule has 142 valence electrons. The average Bonchev–Trinajstić information content (AvgIpc) is 2.73. The van der Waals surface area contributed by atoms with Gasteiger partial charge < -0.3 is 14.4 Å². The number of ether oxygens (including phenoxy) is 2. The number of para-hydroxylation sites is 2. The number of carbonyl (C=O) groups is 1. The maximum Gasteiger partial charge on any atom is 0.258 e. The van der Waals surface area contributed by atoms with Crippen LogP contribution in [0.1, 0.15) is 10.4 Å². The number of hydrogen-bond acceptors (Lipinski definition) is 5. The molecular formula is C19H20N2O5S. The van der Waals surface area contributed by atoms with Crippen LogP contribution in [0.2, 0.25) is 0 Å². The van der Waals surface area contributed by atoms with Crippen LogP contribution >= 0.6 is 0 Å². The van der Waals surface area contributed by atoms with Gasteiger partial charge in [-0.05, 0) is 30.3 Å². The Bertz CT molecular complexity index is 954. The van der Waals surface area contributed by atoms with Gasteiger partial charge in [-0.1, -0.05) is 18.2 Å². The number of carbonyl (C=O) groups excluding carboxylic acids is 1. The van der Waals surface area contributed by atoms with Crippen molar-refractivity contribution in [1.82, 2.24) is 4.31 Å². The summed E-state index contributed by atoms with van der Waals surface area (Å²) < 4.78 is 37.9. The first kappa shape index (κ1) is 18.0. The Hall–Kier alpha value is -2.42. The van der Waals surface area contributed by atoms with Crippen LogP contribution in [0.5, 0.6) is 5.75 Å². The second kappa shape index (κ2) is 7.30. The topological polar surface area (TPSA) is 76.2 Å². The normalized spacial score (nSPS) is 17.9. The van der Waals surface area contributed by atoms with Gasteiger partial charge in [-0.3, -0.25) is 4.79 Å². The van der Waals surface area contributed by atoms with Crippen molar-refractivity contribution in [1.29, 1.82) is 0 Å². The van der Waals surface area contributed by atoms with Crippen LogP contribution in [0.25, 0.3) is 0 Å². The second-order valence-electron chi connectivity index (χ2n) is 6.32. The minimum absolute atomic E-state index is 0.122. The number of rotatable bonds is 3. The van der Waals surface area contributed by atoms with Gasteiger partial charge in [-0.15, -0.1) is 0 Å². The lowest BCUT2D eigenvalue weighted by atomic mass is 10.1. The van der Waals surface area contributed by atoms with Crippen LogP contribution in [0.3, 0.4) is 0 Å². The number of anilines is 1. The quantitative estimate of drug-likeness (QED) is 0.801. The average molecular weight is 388 g/mol. The first-order chi connectivity index (χ1) is 13.1. The maximum atomic E-state index is 13.1. The lowest BCUT2D eigenvalue weighted by Crippen LogP contribution is -2.41. The van der Waals surface area contributed by atoms with Crippen molar-refractivity contribution in [3.8, 4) is 5.75 Å². The molecule has 27 heavy (non-hydrogen) atoms. The van der Waals surface area contributed by atoms with Gasteiger partial charge in [0.25, 0.3) is 5.91 Å². The zero-order valence-corrected chi connectivity index (χ0v) is 15.5. The summed E-state index contributed by atoms with van der Waals surface area (Å²) in [6.45, 7) is 2.20. The van der Waals surface area contributed by atoms with Crippen molar-refractivity contribution in [2.45, 2.75) is 4.90 Å². The fourth-order valence-electron chi connectivity index (χ4n) is 3.26. The molecular weight excluding hydrogens is 368 g/mol. The van der Waals surface area contributed by atoms with E-state index in [-0.39, 0.29) is 10.8 Å². The van der Waals surface area contributed by atoms with E-state index in [4.69, 9.17) is 9.47 Å². The number of hydrogen-bond donors (Lipinski definition) is 0. The van der Waals surface area contributed by atoms with Gasteiger partial charge in [0.15, 0.2) is 0 Å². The standard InChI is InChI=1S/C19H20N2O5S/c22-19(21-10-13-26-18-7-2-1-6-17(18)21)15-4-3-5-16(14-15)27(23,24)20-8-11-25-12-9-20/h1-7,14H,8-13H2. The highest BCUT2D eigenvalue weighted by Gasteiger charge is 2.29. The number of amides is 1. The number of morpholine rings is 1. The van der Waals surface area contributed by atoms with E-state index in [1.165, 1.54) is 16.4 Å². The highest BCUT2D eigenvalue weighted by Crippen LogP contribution is 2.32. The Morgan fingerprint density at radius 1 is 0.926 bits per heavy atom. The molecule has 0 bridgehead atoms. The number of benzene rings is 2. The molecule has 0 unspecified atom stereocenters. The molecule has 0 saturated carbocycles. The molecule has 2 aromatic carbocycles. The minimum Gasteiger partial charge on any atom is -0.490 e. The van der Waals surface area contributed by atoms with Crippen LogP contribution in [-0.4, -0.2) is 58.1 Å². The Balaban J connectivity index is 1.64. The van der Waals surface area contributed by atoms with Gasteiger partial charge in [0.05, 0.1) is 30.3 Å². The molecule has 0 aliphatic carbocycles. The molecule has 1 fully saturated rings. The molecule has 2 aromatic rings. The number of fused-ring (bicyclic) bond motifs is 1. The molecule has 1 saturated heterocycles. The Kier molecular flexibility index (Phi) is 4.86. The van der Waals surface area contributed by atoms with Gasteiger partial charge in [0, 0.05) is 18.7 Å².